The Bertz CT molecular complexity index is 1030. The second-order valence-corrected chi connectivity index (χ2v) is 8.45. The lowest BCUT2D eigenvalue weighted by Crippen LogP contribution is -2.15. The summed E-state index contributed by atoms with van der Waals surface area (Å²) in [5.74, 6) is 3.01. The van der Waals surface area contributed by atoms with Crippen molar-refractivity contribution in [3.8, 4) is 11.4 Å². The van der Waals surface area contributed by atoms with Gasteiger partial charge >= 0.3 is 0 Å². The highest BCUT2D eigenvalue weighted by molar-refractivity contribution is 6.23. The third kappa shape index (κ3) is 3.81. The molecule has 0 N–H and O–H groups in total. The van der Waals surface area contributed by atoms with Crippen LogP contribution in [0.5, 0.6) is 0 Å². The largest absolute Gasteiger partial charge is 0.308 e. The third-order valence-electron chi connectivity index (χ3n) is 5.54. The molecule has 7 heteroatoms. The van der Waals surface area contributed by atoms with Crippen LogP contribution in [0.4, 0.5) is 0 Å². The highest BCUT2D eigenvalue weighted by Crippen LogP contribution is 2.39. The van der Waals surface area contributed by atoms with Gasteiger partial charge in [0.2, 0.25) is 0 Å². The third-order valence-corrected chi connectivity index (χ3v) is 5.84. The van der Waals surface area contributed by atoms with Gasteiger partial charge in [0, 0.05) is 36.3 Å². The standard InChI is InChI=1S/C22H23ClN6/c1-14(21-25-13-19(26-21)16-3-2-4-17(23)12-16)11-20-27-28-22(29(20)18-5-6-18)15-7-9-24-10-8-15/h2-3,7-10,12,14,17-18H,4-6,11,13H2,1H3. The molecule has 1 aliphatic heterocycles. The molecule has 2 atom stereocenters. The first kappa shape index (κ1) is 18.4. The predicted molar refractivity (Wildman–Crippen MR) is 116 cm³/mol. The molecule has 0 aromatic carbocycles. The highest BCUT2D eigenvalue weighted by Gasteiger charge is 2.31. The highest BCUT2D eigenvalue weighted by atomic mass is 35.5. The van der Waals surface area contributed by atoms with Gasteiger partial charge in [0.15, 0.2) is 5.82 Å². The average molecular weight is 407 g/mol. The minimum atomic E-state index is 0.0443. The number of allylic oxidation sites excluding steroid dienone is 3. The predicted octanol–water partition coefficient (Wildman–Crippen LogP) is 4.20. The lowest BCUT2D eigenvalue weighted by Gasteiger charge is -2.12. The van der Waals surface area contributed by atoms with E-state index in [4.69, 9.17) is 21.6 Å². The first-order chi connectivity index (χ1) is 14.2. The molecule has 148 valence electrons. The van der Waals surface area contributed by atoms with E-state index >= 15 is 0 Å². The maximum Gasteiger partial charge on any atom is 0.164 e. The number of pyridine rings is 1. The topological polar surface area (TPSA) is 68.3 Å². The minimum absolute atomic E-state index is 0.0443. The second-order valence-electron chi connectivity index (χ2n) is 7.89. The number of rotatable bonds is 6. The fourth-order valence-corrected chi connectivity index (χ4v) is 4.10. The van der Waals surface area contributed by atoms with E-state index in [9.17, 15) is 0 Å². The fourth-order valence-electron chi connectivity index (χ4n) is 3.86. The van der Waals surface area contributed by atoms with Crippen LogP contribution in [0, 0.1) is 5.92 Å². The molecule has 0 bridgehead atoms. The van der Waals surface area contributed by atoms with Crippen LogP contribution < -0.4 is 0 Å². The number of alkyl halides is 1. The van der Waals surface area contributed by atoms with Gasteiger partial charge in [-0.05, 0) is 37.0 Å². The zero-order valence-corrected chi connectivity index (χ0v) is 17.1. The number of halogens is 1. The number of aliphatic imine (C=N–C) groups is 2. The molecule has 2 aromatic heterocycles. The van der Waals surface area contributed by atoms with E-state index in [1.165, 1.54) is 12.8 Å². The van der Waals surface area contributed by atoms with E-state index in [1.54, 1.807) is 12.4 Å². The van der Waals surface area contributed by atoms with E-state index in [2.05, 4.69) is 44.9 Å². The van der Waals surface area contributed by atoms with Crippen molar-refractivity contribution < 1.29 is 0 Å². The Morgan fingerprint density at radius 2 is 2.03 bits per heavy atom. The van der Waals surface area contributed by atoms with Crippen LogP contribution in [0.15, 0.2) is 58.3 Å². The van der Waals surface area contributed by atoms with Gasteiger partial charge in [0.25, 0.3) is 0 Å². The van der Waals surface area contributed by atoms with Crippen LogP contribution in [0.3, 0.4) is 0 Å². The number of aromatic nitrogens is 4. The van der Waals surface area contributed by atoms with Gasteiger partial charge in [0.05, 0.1) is 17.6 Å². The van der Waals surface area contributed by atoms with Gasteiger partial charge in [-0.1, -0.05) is 25.2 Å². The Morgan fingerprint density at radius 3 is 2.79 bits per heavy atom. The van der Waals surface area contributed by atoms with Crippen molar-refractivity contribution in [1.29, 1.82) is 0 Å². The van der Waals surface area contributed by atoms with Crippen molar-refractivity contribution in [1.82, 2.24) is 19.7 Å². The van der Waals surface area contributed by atoms with Gasteiger partial charge < -0.3 is 4.57 Å². The molecular formula is C22H23ClN6. The van der Waals surface area contributed by atoms with Crippen molar-refractivity contribution in [3.05, 3.63) is 54.2 Å². The SMILES string of the molecule is CC(Cc1nnc(-c2ccncc2)n1C1CC1)C1=NCC(C2=CC(Cl)CC=C2)=N1. The quantitative estimate of drug-likeness (QED) is 0.675. The molecule has 2 aliphatic carbocycles. The van der Waals surface area contributed by atoms with Crippen LogP contribution in [-0.4, -0.2) is 43.2 Å². The van der Waals surface area contributed by atoms with Crippen LogP contribution >= 0.6 is 11.6 Å². The summed E-state index contributed by atoms with van der Waals surface area (Å²) in [6, 6.07) is 4.48. The average Bonchev–Trinajstić information content (AvgIpc) is 3.29. The van der Waals surface area contributed by atoms with Gasteiger partial charge in [-0.15, -0.1) is 21.8 Å². The van der Waals surface area contributed by atoms with Crippen LogP contribution in [0.25, 0.3) is 11.4 Å². The number of nitrogens with zero attached hydrogens (tertiary/aromatic N) is 6. The Morgan fingerprint density at radius 1 is 1.21 bits per heavy atom. The molecule has 0 radical (unpaired) electrons. The summed E-state index contributed by atoms with van der Waals surface area (Å²) in [4.78, 5) is 13.6. The summed E-state index contributed by atoms with van der Waals surface area (Å²) in [5.41, 5.74) is 3.17. The van der Waals surface area contributed by atoms with Crippen LogP contribution in [-0.2, 0) is 6.42 Å². The molecule has 0 amide bonds. The summed E-state index contributed by atoms with van der Waals surface area (Å²) in [5, 5.41) is 9.08. The van der Waals surface area contributed by atoms with E-state index in [0.29, 0.717) is 12.6 Å². The second kappa shape index (κ2) is 7.67. The van der Waals surface area contributed by atoms with E-state index in [-0.39, 0.29) is 11.3 Å². The summed E-state index contributed by atoms with van der Waals surface area (Å²) >= 11 is 6.26. The Labute approximate surface area is 175 Å². The fraction of sp³-hybridized carbons (Fsp3) is 0.409. The summed E-state index contributed by atoms with van der Waals surface area (Å²) in [7, 11) is 0. The molecule has 1 fully saturated rings. The lowest BCUT2D eigenvalue weighted by atomic mass is 10.0. The van der Waals surface area contributed by atoms with Crippen LogP contribution in [0.2, 0.25) is 0 Å². The molecule has 2 unspecified atom stereocenters. The van der Waals surface area contributed by atoms with Crippen LogP contribution in [0.1, 0.15) is 38.1 Å². The number of hydrogen-bond donors (Lipinski definition) is 0. The number of amidine groups is 1. The van der Waals surface area contributed by atoms with Crippen molar-refractivity contribution >= 4 is 23.1 Å². The smallest absolute Gasteiger partial charge is 0.164 e. The van der Waals surface area contributed by atoms with Crippen molar-refractivity contribution in [2.45, 2.75) is 44.0 Å². The molecule has 1 saturated carbocycles. The molecule has 29 heavy (non-hydrogen) atoms. The Hall–Kier alpha value is -2.60. The molecule has 3 heterocycles. The van der Waals surface area contributed by atoms with E-state index < -0.39 is 0 Å². The summed E-state index contributed by atoms with van der Waals surface area (Å²) in [6.45, 7) is 2.79. The van der Waals surface area contributed by atoms with Gasteiger partial charge in [-0.2, -0.15) is 0 Å². The van der Waals surface area contributed by atoms with Gasteiger partial charge in [-0.25, -0.2) is 4.99 Å². The lowest BCUT2D eigenvalue weighted by molar-refractivity contribution is 0.635. The maximum atomic E-state index is 6.26. The summed E-state index contributed by atoms with van der Waals surface area (Å²) < 4.78 is 2.30. The zero-order valence-electron chi connectivity index (χ0n) is 16.4. The van der Waals surface area contributed by atoms with E-state index in [0.717, 1.165) is 47.2 Å². The Kier molecular flexibility index (Phi) is 4.87. The van der Waals surface area contributed by atoms with E-state index in [1.807, 2.05) is 12.1 Å². The molecule has 3 aliphatic rings. The van der Waals surface area contributed by atoms with Crippen molar-refractivity contribution in [3.63, 3.8) is 0 Å². The molecule has 0 spiro atoms. The van der Waals surface area contributed by atoms with Gasteiger partial charge in [0.1, 0.15) is 11.7 Å². The first-order valence-electron chi connectivity index (χ1n) is 10.2. The normalized spacial score (nSPS) is 22.3. The monoisotopic (exact) mass is 406 g/mol. The summed E-state index contributed by atoms with van der Waals surface area (Å²) in [6.07, 6.45) is 13.9. The van der Waals surface area contributed by atoms with Crippen molar-refractivity contribution in [2.75, 3.05) is 6.54 Å². The molecule has 2 aromatic rings. The Balaban J connectivity index is 1.36. The molecule has 6 nitrogen and oxygen atoms in total. The molecule has 0 saturated heterocycles. The molecule has 5 rings (SSSR count). The van der Waals surface area contributed by atoms with Crippen molar-refractivity contribution in [2.24, 2.45) is 15.9 Å². The minimum Gasteiger partial charge on any atom is -0.308 e. The zero-order chi connectivity index (χ0) is 19.8. The molecular weight excluding hydrogens is 384 g/mol. The first-order valence-corrected chi connectivity index (χ1v) is 10.6. The maximum absolute atomic E-state index is 6.26. The van der Waals surface area contributed by atoms with Gasteiger partial charge in [-0.3, -0.25) is 9.98 Å². The number of hydrogen-bond acceptors (Lipinski definition) is 5.